The highest BCUT2D eigenvalue weighted by molar-refractivity contribution is 6.30. The first-order valence-electron chi connectivity index (χ1n) is 9.32. The molecular formula is C19H21ClFN5O2. The molecule has 1 saturated heterocycles. The third-order valence-corrected chi connectivity index (χ3v) is 5.63. The zero-order chi connectivity index (χ0) is 19.8. The number of H-pyrrole nitrogens is 1. The van der Waals surface area contributed by atoms with Gasteiger partial charge in [0.05, 0.1) is 5.56 Å². The molecule has 2 aliphatic heterocycles. The minimum atomic E-state index is -0.705. The van der Waals surface area contributed by atoms with Crippen LogP contribution in [0.2, 0.25) is 5.02 Å². The average Bonchev–Trinajstić information content (AvgIpc) is 2.67. The highest BCUT2D eigenvalue weighted by Crippen LogP contribution is 2.36. The summed E-state index contributed by atoms with van der Waals surface area (Å²) in [6.07, 6.45) is -0.0230. The van der Waals surface area contributed by atoms with Gasteiger partial charge in [0.2, 0.25) is 11.9 Å². The number of amides is 1. The van der Waals surface area contributed by atoms with Crippen LogP contribution >= 0.6 is 11.6 Å². The fourth-order valence-electron chi connectivity index (χ4n) is 3.83. The molecule has 0 radical (unpaired) electrons. The van der Waals surface area contributed by atoms with Crippen molar-refractivity contribution < 1.29 is 9.18 Å². The lowest BCUT2D eigenvalue weighted by atomic mass is 9.86. The molecule has 0 saturated carbocycles. The molecule has 2 N–H and O–H groups in total. The number of carbonyl (C=O) groups is 1. The quantitative estimate of drug-likeness (QED) is 0.818. The molecule has 3 heterocycles. The second-order valence-corrected chi connectivity index (χ2v) is 7.48. The third kappa shape index (κ3) is 3.49. The lowest BCUT2D eigenvalue weighted by Crippen LogP contribution is -2.47. The number of halogens is 2. The molecule has 148 valence electrons. The first-order chi connectivity index (χ1) is 13.5. The number of hydrogen-bond donors (Lipinski definition) is 2. The Balaban J connectivity index is 1.72. The highest BCUT2D eigenvalue weighted by atomic mass is 35.5. The van der Waals surface area contributed by atoms with Gasteiger partial charge in [-0.25, -0.2) is 4.39 Å². The van der Waals surface area contributed by atoms with E-state index in [1.54, 1.807) is 6.07 Å². The summed E-state index contributed by atoms with van der Waals surface area (Å²) in [6, 6.07) is 4.25. The van der Waals surface area contributed by atoms with Crippen LogP contribution in [-0.2, 0) is 4.79 Å². The average molecular weight is 406 g/mol. The highest BCUT2D eigenvalue weighted by Gasteiger charge is 2.33. The number of nitrogens with zero attached hydrogens (tertiary/aromatic N) is 3. The normalized spacial score (nSPS) is 20.0. The smallest absolute Gasteiger partial charge is 0.258 e. The maximum absolute atomic E-state index is 14.5. The maximum Gasteiger partial charge on any atom is 0.258 e. The number of piperazine rings is 1. The molecule has 0 bridgehead atoms. The van der Waals surface area contributed by atoms with Crippen LogP contribution in [0.3, 0.4) is 0 Å². The van der Waals surface area contributed by atoms with E-state index in [1.165, 1.54) is 12.1 Å². The summed E-state index contributed by atoms with van der Waals surface area (Å²) in [4.78, 5) is 36.7. The topological polar surface area (TPSA) is 81.3 Å². The van der Waals surface area contributed by atoms with E-state index in [0.717, 1.165) is 32.7 Å². The number of nitrogens with one attached hydrogen (secondary N) is 2. The maximum atomic E-state index is 14.5. The van der Waals surface area contributed by atoms with E-state index in [9.17, 15) is 14.0 Å². The molecular weight excluding hydrogens is 385 g/mol. The van der Waals surface area contributed by atoms with E-state index in [0.29, 0.717) is 5.95 Å². The molecule has 0 unspecified atom stereocenters. The van der Waals surface area contributed by atoms with Gasteiger partial charge in [-0.15, -0.1) is 0 Å². The number of fused-ring (bicyclic) bond motifs is 1. The molecule has 28 heavy (non-hydrogen) atoms. The van der Waals surface area contributed by atoms with Crippen LogP contribution in [0.5, 0.6) is 0 Å². The summed E-state index contributed by atoms with van der Waals surface area (Å²) in [5.74, 6) is -0.920. The molecule has 1 fully saturated rings. The van der Waals surface area contributed by atoms with Gasteiger partial charge in [0.25, 0.3) is 5.56 Å². The van der Waals surface area contributed by atoms with Crippen LogP contribution in [0.25, 0.3) is 0 Å². The second kappa shape index (κ2) is 7.52. The number of hydrogen-bond acceptors (Lipinski definition) is 5. The largest absolute Gasteiger partial charge is 0.340 e. The van der Waals surface area contributed by atoms with E-state index in [1.807, 2.05) is 4.90 Å². The van der Waals surface area contributed by atoms with Gasteiger partial charge in [0, 0.05) is 43.5 Å². The van der Waals surface area contributed by atoms with Gasteiger partial charge >= 0.3 is 0 Å². The number of aromatic nitrogens is 2. The second-order valence-electron chi connectivity index (χ2n) is 7.04. The number of benzene rings is 1. The van der Waals surface area contributed by atoms with Crippen LogP contribution in [0, 0.1) is 5.82 Å². The molecule has 2 aliphatic rings. The number of anilines is 2. The van der Waals surface area contributed by atoms with E-state index < -0.39 is 11.7 Å². The van der Waals surface area contributed by atoms with E-state index in [2.05, 4.69) is 27.1 Å². The van der Waals surface area contributed by atoms with Crippen molar-refractivity contribution >= 4 is 29.3 Å². The third-order valence-electron chi connectivity index (χ3n) is 5.40. The number of rotatable bonds is 3. The van der Waals surface area contributed by atoms with Crippen molar-refractivity contribution in [3.63, 3.8) is 0 Å². The first kappa shape index (κ1) is 18.9. The molecule has 1 atom stereocenters. The molecule has 1 aromatic heterocycles. The summed E-state index contributed by atoms with van der Waals surface area (Å²) in [7, 11) is 0. The molecule has 0 spiro atoms. The SMILES string of the molecule is CCN1CCN(c2nc3c(c(=O)[nH]2)[C@H](c2ccc(Cl)cc2F)CC(=O)N3)CC1. The molecule has 1 aromatic carbocycles. The minimum absolute atomic E-state index is 0.0230. The van der Waals surface area contributed by atoms with Crippen molar-refractivity contribution in [3.8, 4) is 0 Å². The number of likely N-dealkylation sites (N-methyl/N-ethyl adjacent to an activating group) is 1. The molecule has 0 aliphatic carbocycles. The van der Waals surface area contributed by atoms with Gasteiger partial charge < -0.3 is 15.1 Å². The molecule has 4 rings (SSSR count). The van der Waals surface area contributed by atoms with E-state index >= 15 is 0 Å². The van der Waals surface area contributed by atoms with Gasteiger partial charge in [-0.05, 0) is 24.2 Å². The predicted molar refractivity (Wildman–Crippen MR) is 106 cm³/mol. The van der Waals surface area contributed by atoms with Gasteiger partial charge in [-0.1, -0.05) is 24.6 Å². The fourth-order valence-corrected chi connectivity index (χ4v) is 3.99. The summed E-state index contributed by atoms with van der Waals surface area (Å²) in [5, 5.41) is 2.93. The zero-order valence-electron chi connectivity index (χ0n) is 15.5. The van der Waals surface area contributed by atoms with Gasteiger partial charge in [0.1, 0.15) is 11.6 Å². The van der Waals surface area contributed by atoms with Gasteiger partial charge in [0.15, 0.2) is 0 Å². The number of carbonyl (C=O) groups excluding carboxylic acids is 1. The Labute approximate surface area is 166 Å². The summed E-state index contributed by atoms with van der Waals surface area (Å²) in [6.45, 7) is 6.31. The summed E-state index contributed by atoms with van der Waals surface area (Å²) < 4.78 is 14.5. The summed E-state index contributed by atoms with van der Waals surface area (Å²) in [5.41, 5.74) is 0.172. The number of aromatic amines is 1. The standard InChI is InChI=1S/C19H21ClFN5O2/c1-2-25-5-7-26(8-6-25)19-23-17-16(18(28)24-19)13(10-15(27)22-17)12-4-3-11(20)9-14(12)21/h3-4,9,13H,2,5-8,10H2,1H3,(H2,22,23,24,27,28)/t13-/m0/s1. The van der Waals surface area contributed by atoms with Crippen LogP contribution < -0.4 is 15.8 Å². The Hall–Kier alpha value is -2.45. The van der Waals surface area contributed by atoms with Gasteiger partial charge in [-0.3, -0.25) is 14.6 Å². The monoisotopic (exact) mass is 405 g/mol. The van der Waals surface area contributed by atoms with Crippen molar-refractivity contribution in [2.75, 3.05) is 42.9 Å². The molecule has 1 amide bonds. The molecule has 7 nitrogen and oxygen atoms in total. The van der Waals surface area contributed by atoms with Crippen molar-refractivity contribution in [2.45, 2.75) is 19.3 Å². The summed E-state index contributed by atoms with van der Waals surface area (Å²) >= 11 is 5.84. The zero-order valence-corrected chi connectivity index (χ0v) is 16.2. The minimum Gasteiger partial charge on any atom is -0.340 e. The fraction of sp³-hybridized carbons (Fsp3) is 0.421. The van der Waals surface area contributed by atoms with E-state index in [-0.39, 0.29) is 39.9 Å². The van der Waals surface area contributed by atoms with Crippen molar-refractivity contribution in [2.24, 2.45) is 0 Å². The Bertz CT molecular complexity index is 971. The Kier molecular flexibility index (Phi) is 5.07. The lowest BCUT2D eigenvalue weighted by Gasteiger charge is -2.35. The Morgan fingerprint density at radius 3 is 2.68 bits per heavy atom. The first-order valence-corrected chi connectivity index (χ1v) is 9.70. The van der Waals surface area contributed by atoms with E-state index in [4.69, 9.17) is 11.6 Å². The van der Waals surface area contributed by atoms with Crippen molar-refractivity contribution in [3.05, 3.63) is 50.5 Å². The lowest BCUT2D eigenvalue weighted by molar-refractivity contribution is -0.116. The van der Waals surface area contributed by atoms with Crippen molar-refractivity contribution in [1.82, 2.24) is 14.9 Å². The predicted octanol–water partition coefficient (Wildman–Crippen LogP) is 2.18. The van der Waals surface area contributed by atoms with Crippen LogP contribution in [0.15, 0.2) is 23.0 Å². The van der Waals surface area contributed by atoms with Crippen LogP contribution in [0.4, 0.5) is 16.2 Å². The molecule has 9 heteroatoms. The Morgan fingerprint density at radius 1 is 1.25 bits per heavy atom. The van der Waals surface area contributed by atoms with Gasteiger partial charge in [-0.2, -0.15) is 4.98 Å². The van der Waals surface area contributed by atoms with Crippen LogP contribution in [-0.4, -0.2) is 53.5 Å². The van der Waals surface area contributed by atoms with Crippen molar-refractivity contribution in [1.29, 1.82) is 0 Å². The van der Waals surface area contributed by atoms with Crippen LogP contribution in [0.1, 0.15) is 30.4 Å². The Morgan fingerprint density at radius 2 is 2.00 bits per heavy atom. The molecule has 2 aromatic rings.